The zero-order valence-electron chi connectivity index (χ0n) is 23.1. The standard InChI is InChI=1S/C32H40ClNO4/c1-20(30(35)36-4)28(22-6-7-22)23-8-5-21-9-10-32(37-27(21)17-23)11-13-34(14-12-32)19-25-16-26(33)15-24-18-31(2,3)38-29(24)25/h5,8,15-17,20,22,28H,6-7,9-14,18-19H2,1-4H3/t20-,28-/m0/s1. The first-order chi connectivity index (χ1) is 18.2. The number of benzene rings is 2. The molecule has 2 atom stereocenters. The van der Waals surface area contributed by atoms with Crippen molar-refractivity contribution in [2.45, 2.75) is 89.4 Å². The van der Waals surface area contributed by atoms with Crippen molar-refractivity contribution in [1.82, 2.24) is 4.90 Å². The highest BCUT2D eigenvalue weighted by atomic mass is 35.5. The van der Waals surface area contributed by atoms with Gasteiger partial charge in [0.1, 0.15) is 22.7 Å². The van der Waals surface area contributed by atoms with Gasteiger partial charge in [-0.15, -0.1) is 0 Å². The van der Waals surface area contributed by atoms with E-state index in [0.717, 1.165) is 68.3 Å². The van der Waals surface area contributed by atoms with E-state index in [2.05, 4.69) is 49.1 Å². The molecular weight excluding hydrogens is 498 g/mol. The largest absolute Gasteiger partial charge is 0.487 e. The highest BCUT2D eigenvalue weighted by Gasteiger charge is 2.42. The van der Waals surface area contributed by atoms with Crippen LogP contribution >= 0.6 is 11.6 Å². The molecule has 3 heterocycles. The van der Waals surface area contributed by atoms with Gasteiger partial charge in [0.05, 0.1) is 13.0 Å². The van der Waals surface area contributed by atoms with Crippen LogP contribution in [0, 0.1) is 11.8 Å². The number of likely N-dealkylation sites (tertiary alicyclic amines) is 1. The predicted molar refractivity (Wildman–Crippen MR) is 149 cm³/mol. The lowest BCUT2D eigenvalue weighted by Gasteiger charge is -2.45. The number of methoxy groups -OCH3 is 1. The van der Waals surface area contributed by atoms with Crippen molar-refractivity contribution in [2.24, 2.45) is 11.8 Å². The van der Waals surface area contributed by atoms with E-state index in [1.165, 1.54) is 42.2 Å². The van der Waals surface area contributed by atoms with Crippen LogP contribution in [0.4, 0.5) is 0 Å². The Kier molecular flexibility index (Phi) is 6.67. The summed E-state index contributed by atoms with van der Waals surface area (Å²) in [6, 6.07) is 10.8. The third kappa shape index (κ3) is 5.04. The smallest absolute Gasteiger partial charge is 0.309 e. The molecule has 1 saturated heterocycles. The summed E-state index contributed by atoms with van der Waals surface area (Å²) < 4.78 is 18.3. The average Bonchev–Trinajstić information content (AvgIpc) is 3.66. The van der Waals surface area contributed by atoms with E-state index in [1.54, 1.807) is 0 Å². The molecule has 3 aliphatic heterocycles. The SMILES string of the molecule is COC(=O)[C@@H](C)[C@H](c1ccc2c(c1)OC1(CC2)CCN(Cc2cc(Cl)cc3c2OC(C)(C)C3)CC1)C1CC1. The van der Waals surface area contributed by atoms with Crippen LogP contribution in [-0.2, 0) is 28.9 Å². The van der Waals surface area contributed by atoms with Crippen LogP contribution in [0.2, 0.25) is 5.02 Å². The molecule has 204 valence electrons. The summed E-state index contributed by atoms with van der Waals surface area (Å²) in [4.78, 5) is 14.9. The van der Waals surface area contributed by atoms with Crippen molar-refractivity contribution in [3.05, 3.63) is 57.6 Å². The van der Waals surface area contributed by atoms with Gasteiger partial charge in [-0.05, 0) is 99.1 Å². The number of carbonyl (C=O) groups excluding carboxylic acids is 1. The molecule has 0 aromatic heterocycles. The Morgan fingerprint density at radius 3 is 2.58 bits per heavy atom. The van der Waals surface area contributed by atoms with Crippen molar-refractivity contribution in [2.75, 3.05) is 20.2 Å². The summed E-state index contributed by atoms with van der Waals surface area (Å²) in [7, 11) is 1.49. The van der Waals surface area contributed by atoms with E-state index >= 15 is 0 Å². The zero-order chi connectivity index (χ0) is 26.7. The fourth-order valence-corrected chi connectivity index (χ4v) is 7.32. The van der Waals surface area contributed by atoms with Crippen molar-refractivity contribution >= 4 is 17.6 Å². The van der Waals surface area contributed by atoms with E-state index in [0.29, 0.717) is 5.92 Å². The maximum absolute atomic E-state index is 12.4. The number of piperidine rings is 1. The Balaban J connectivity index is 1.15. The Hall–Kier alpha value is -2.24. The van der Waals surface area contributed by atoms with Crippen LogP contribution in [0.1, 0.15) is 81.0 Å². The van der Waals surface area contributed by atoms with Gasteiger partial charge in [0.25, 0.3) is 0 Å². The number of rotatable bonds is 6. The number of carbonyl (C=O) groups is 1. The predicted octanol–water partition coefficient (Wildman–Crippen LogP) is 6.72. The van der Waals surface area contributed by atoms with Gasteiger partial charge in [0, 0.05) is 36.6 Å². The molecule has 0 amide bonds. The quantitative estimate of drug-likeness (QED) is 0.383. The van der Waals surface area contributed by atoms with E-state index in [1.807, 2.05) is 6.92 Å². The summed E-state index contributed by atoms with van der Waals surface area (Å²) in [5.74, 6) is 2.54. The molecule has 5 nitrogen and oxygen atoms in total. The van der Waals surface area contributed by atoms with Crippen LogP contribution in [0.25, 0.3) is 0 Å². The molecule has 1 saturated carbocycles. The van der Waals surface area contributed by atoms with Crippen LogP contribution in [0.3, 0.4) is 0 Å². The Morgan fingerprint density at radius 1 is 1.11 bits per heavy atom. The molecule has 4 aliphatic rings. The number of hydrogen-bond donors (Lipinski definition) is 0. The van der Waals surface area contributed by atoms with Gasteiger partial charge in [-0.25, -0.2) is 0 Å². The first-order valence-electron chi connectivity index (χ1n) is 14.3. The van der Waals surface area contributed by atoms with Crippen LogP contribution < -0.4 is 9.47 Å². The lowest BCUT2D eigenvalue weighted by Crippen LogP contribution is -2.49. The summed E-state index contributed by atoms with van der Waals surface area (Å²) >= 11 is 6.49. The highest BCUT2D eigenvalue weighted by molar-refractivity contribution is 6.30. The number of hydrogen-bond acceptors (Lipinski definition) is 5. The summed E-state index contributed by atoms with van der Waals surface area (Å²) in [6.07, 6.45) is 7.38. The van der Waals surface area contributed by atoms with Gasteiger partial charge in [-0.1, -0.05) is 30.7 Å². The summed E-state index contributed by atoms with van der Waals surface area (Å²) in [5, 5.41) is 0.794. The number of esters is 1. The molecule has 6 heteroatoms. The maximum Gasteiger partial charge on any atom is 0.309 e. The summed E-state index contributed by atoms with van der Waals surface area (Å²) in [6.45, 7) is 9.12. The van der Waals surface area contributed by atoms with Gasteiger partial charge in [-0.2, -0.15) is 0 Å². The number of aryl methyl sites for hydroxylation is 1. The molecule has 6 rings (SSSR count). The second kappa shape index (κ2) is 9.75. The van der Waals surface area contributed by atoms with Gasteiger partial charge in [-0.3, -0.25) is 9.69 Å². The normalized spacial score (nSPS) is 23.1. The molecule has 0 bridgehead atoms. The number of nitrogens with zero attached hydrogens (tertiary/aromatic N) is 1. The Labute approximate surface area is 231 Å². The second-order valence-electron chi connectivity index (χ2n) is 12.7. The molecule has 0 radical (unpaired) electrons. The molecule has 0 N–H and O–H groups in total. The molecule has 38 heavy (non-hydrogen) atoms. The number of fused-ring (bicyclic) bond motifs is 2. The first kappa shape index (κ1) is 26.0. The third-order valence-electron chi connectivity index (χ3n) is 9.26. The minimum absolute atomic E-state index is 0.111. The summed E-state index contributed by atoms with van der Waals surface area (Å²) in [5.41, 5.74) is 4.63. The fraction of sp³-hybridized carbons (Fsp3) is 0.594. The highest BCUT2D eigenvalue weighted by Crippen LogP contribution is 2.49. The van der Waals surface area contributed by atoms with Gasteiger partial charge < -0.3 is 14.2 Å². The molecule has 2 aromatic rings. The van der Waals surface area contributed by atoms with Crippen LogP contribution in [-0.4, -0.2) is 42.3 Å². The Bertz CT molecular complexity index is 1230. The van der Waals surface area contributed by atoms with E-state index in [4.69, 9.17) is 25.8 Å². The van der Waals surface area contributed by atoms with Crippen molar-refractivity contribution in [3.63, 3.8) is 0 Å². The number of ether oxygens (including phenoxy) is 3. The average molecular weight is 538 g/mol. The topological polar surface area (TPSA) is 48.0 Å². The lowest BCUT2D eigenvalue weighted by atomic mass is 9.80. The molecule has 2 fully saturated rings. The second-order valence-corrected chi connectivity index (χ2v) is 13.1. The molecule has 1 aliphatic carbocycles. The minimum Gasteiger partial charge on any atom is -0.487 e. The first-order valence-corrected chi connectivity index (χ1v) is 14.7. The lowest BCUT2D eigenvalue weighted by molar-refractivity contribution is -0.145. The monoisotopic (exact) mass is 537 g/mol. The van der Waals surface area contributed by atoms with E-state index in [-0.39, 0.29) is 29.0 Å². The molecule has 2 aromatic carbocycles. The zero-order valence-corrected chi connectivity index (χ0v) is 23.9. The maximum atomic E-state index is 12.4. The van der Waals surface area contributed by atoms with Crippen LogP contribution in [0.5, 0.6) is 11.5 Å². The van der Waals surface area contributed by atoms with Gasteiger partial charge >= 0.3 is 5.97 Å². The molecule has 0 unspecified atom stereocenters. The third-order valence-corrected chi connectivity index (χ3v) is 9.48. The van der Waals surface area contributed by atoms with Crippen molar-refractivity contribution in [1.29, 1.82) is 0 Å². The minimum atomic E-state index is -0.178. The van der Waals surface area contributed by atoms with E-state index < -0.39 is 0 Å². The van der Waals surface area contributed by atoms with Gasteiger partial charge in [0.15, 0.2) is 0 Å². The van der Waals surface area contributed by atoms with Crippen molar-refractivity contribution in [3.8, 4) is 11.5 Å². The Morgan fingerprint density at radius 2 is 1.87 bits per heavy atom. The molecule has 1 spiro atoms. The van der Waals surface area contributed by atoms with Crippen LogP contribution in [0.15, 0.2) is 30.3 Å². The van der Waals surface area contributed by atoms with Crippen molar-refractivity contribution < 1.29 is 19.0 Å². The fourth-order valence-electron chi connectivity index (χ4n) is 7.06. The number of halogens is 1. The van der Waals surface area contributed by atoms with E-state index in [9.17, 15) is 4.79 Å². The molecular formula is C32H40ClNO4. The van der Waals surface area contributed by atoms with Gasteiger partial charge in [0.2, 0.25) is 0 Å².